The molecular weight excluding hydrogens is 248 g/mol. The van der Waals surface area contributed by atoms with Gasteiger partial charge in [-0.15, -0.1) is 0 Å². The maximum atomic E-state index is 12.7. The predicted octanol–water partition coefficient (Wildman–Crippen LogP) is 1.20. The Balaban J connectivity index is 2.52. The van der Waals surface area contributed by atoms with E-state index in [1.54, 1.807) is 6.08 Å². The van der Waals surface area contributed by atoms with Gasteiger partial charge in [-0.05, 0) is 31.8 Å². The second-order valence-electron chi connectivity index (χ2n) is 5.28. The number of carbonyl (C=O) groups is 2. The maximum Gasteiger partial charge on any atom is 0.327 e. The lowest BCUT2D eigenvalue weighted by molar-refractivity contribution is -0.173. The van der Waals surface area contributed by atoms with Gasteiger partial charge < -0.3 is 14.6 Å². The van der Waals surface area contributed by atoms with Gasteiger partial charge in [0.15, 0.2) is 11.2 Å². The Hall–Kier alpha value is -1.36. The molecule has 0 aliphatic heterocycles. The van der Waals surface area contributed by atoms with Crippen LogP contribution in [0.25, 0.3) is 0 Å². The molecule has 0 saturated heterocycles. The lowest BCUT2D eigenvalue weighted by Gasteiger charge is -2.48. The Bertz CT molecular complexity index is 441. The summed E-state index contributed by atoms with van der Waals surface area (Å²) in [6.07, 6.45) is 3.28. The van der Waals surface area contributed by atoms with Crippen LogP contribution < -0.4 is 0 Å². The van der Waals surface area contributed by atoms with E-state index in [0.717, 1.165) is 0 Å². The molecule has 2 bridgehead atoms. The van der Waals surface area contributed by atoms with Crippen LogP contribution in [-0.4, -0.2) is 36.7 Å². The molecule has 1 fully saturated rings. The highest BCUT2D eigenvalue weighted by Gasteiger charge is 2.62. The number of carbonyl (C=O) groups excluding carboxylic acids is 2. The fourth-order valence-electron chi connectivity index (χ4n) is 3.37. The second kappa shape index (κ2) is 4.63. The zero-order valence-corrected chi connectivity index (χ0v) is 11.6. The third kappa shape index (κ3) is 1.71. The van der Waals surface area contributed by atoms with Gasteiger partial charge in [0.1, 0.15) is 5.76 Å². The molecule has 3 atom stereocenters. The number of ketones is 1. The molecule has 1 N–H and O–H groups in total. The molecule has 5 heteroatoms. The first-order valence-electron chi connectivity index (χ1n) is 6.56. The summed E-state index contributed by atoms with van der Waals surface area (Å²) in [5, 5.41) is 10.5. The van der Waals surface area contributed by atoms with E-state index in [-0.39, 0.29) is 12.2 Å². The van der Waals surface area contributed by atoms with Crippen LogP contribution >= 0.6 is 0 Å². The molecule has 0 heterocycles. The van der Waals surface area contributed by atoms with Gasteiger partial charge in [0.2, 0.25) is 0 Å². The monoisotopic (exact) mass is 268 g/mol. The zero-order chi connectivity index (χ0) is 14.3. The Morgan fingerprint density at radius 1 is 1.47 bits per heavy atom. The number of esters is 1. The summed E-state index contributed by atoms with van der Waals surface area (Å²) >= 11 is 0. The summed E-state index contributed by atoms with van der Waals surface area (Å²) in [7, 11) is 2.71. The Labute approximate surface area is 112 Å². The van der Waals surface area contributed by atoms with Crippen LogP contribution in [0.3, 0.4) is 0 Å². The minimum atomic E-state index is -1.35. The summed E-state index contributed by atoms with van der Waals surface area (Å²) in [5.74, 6) is -1.05. The second-order valence-corrected chi connectivity index (χ2v) is 5.28. The van der Waals surface area contributed by atoms with Gasteiger partial charge in [-0.25, -0.2) is 0 Å². The molecule has 0 amide bonds. The number of aliphatic hydroxyl groups is 1. The van der Waals surface area contributed by atoms with Gasteiger partial charge in [0.25, 0.3) is 0 Å². The van der Waals surface area contributed by atoms with Crippen molar-refractivity contribution in [3.8, 4) is 0 Å². The molecule has 0 aromatic rings. The fraction of sp³-hybridized carbons (Fsp3) is 0.714. The Morgan fingerprint density at radius 3 is 2.68 bits per heavy atom. The molecule has 0 spiro atoms. The number of fused-ring (bicyclic) bond motifs is 2. The van der Waals surface area contributed by atoms with Crippen molar-refractivity contribution >= 4 is 11.8 Å². The highest BCUT2D eigenvalue weighted by atomic mass is 16.5. The van der Waals surface area contributed by atoms with Gasteiger partial charge in [-0.1, -0.05) is 6.92 Å². The normalized spacial score (nSPS) is 37.6. The van der Waals surface area contributed by atoms with Gasteiger partial charge in [0, 0.05) is 0 Å². The summed E-state index contributed by atoms with van der Waals surface area (Å²) in [6.45, 7) is 1.86. The first-order chi connectivity index (χ1) is 8.96. The van der Waals surface area contributed by atoms with Crippen molar-refractivity contribution in [1.82, 2.24) is 0 Å². The van der Waals surface area contributed by atoms with E-state index in [0.29, 0.717) is 25.0 Å². The van der Waals surface area contributed by atoms with E-state index in [4.69, 9.17) is 9.47 Å². The van der Waals surface area contributed by atoms with Crippen molar-refractivity contribution in [2.45, 2.75) is 38.2 Å². The Kier molecular flexibility index (Phi) is 3.43. The highest BCUT2D eigenvalue weighted by Crippen LogP contribution is 2.52. The number of ether oxygens (including phenoxy) is 2. The minimum absolute atomic E-state index is 0.235. The number of Topliss-reactive ketones (excluding diaryl/α,β-unsaturated/α-hetero) is 1. The average molecular weight is 268 g/mol. The van der Waals surface area contributed by atoms with Crippen LogP contribution in [-0.2, 0) is 19.1 Å². The summed E-state index contributed by atoms with van der Waals surface area (Å²) in [4.78, 5) is 24.8. The molecule has 0 aromatic carbocycles. The molecule has 5 nitrogen and oxygen atoms in total. The number of hydrogen-bond donors (Lipinski definition) is 1. The van der Waals surface area contributed by atoms with Gasteiger partial charge in [-0.3, -0.25) is 9.59 Å². The molecule has 0 radical (unpaired) electrons. The van der Waals surface area contributed by atoms with Crippen LogP contribution in [0.2, 0.25) is 0 Å². The lowest BCUT2D eigenvalue weighted by atomic mass is 9.57. The van der Waals surface area contributed by atoms with Crippen LogP contribution in [0.4, 0.5) is 0 Å². The van der Waals surface area contributed by atoms with Gasteiger partial charge in [-0.2, -0.15) is 0 Å². The fourth-order valence-corrected chi connectivity index (χ4v) is 3.37. The summed E-state index contributed by atoms with van der Waals surface area (Å²) in [5.41, 5.74) is -2.38. The van der Waals surface area contributed by atoms with Crippen LogP contribution in [0, 0.1) is 11.3 Å². The SMILES string of the molecule is CC[C@]1(O)CC[C@@]2(C(=O)OC)C(=O)[C@@H]1CC=C2OC. The number of allylic oxidation sites excluding steroid dienone is 1. The first kappa shape index (κ1) is 14.1. The van der Waals surface area contributed by atoms with Crippen molar-refractivity contribution in [2.24, 2.45) is 11.3 Å². The number of rotatable bonds is 3. The van der Waals surface area contributed by atoms with E-state index < -0.39 is 22.9 Å². The molecule has 19 heavy (non-hydrogen) atoms. The number of methoxy groups -OCH3 is 2. The average Bonchev–Trinajstić information content (AvgIpc) is 2.42. The summed E-state index contributed by atoms with van der Waals surface area (Å²) < 4.78 is 10.0. The quantitative estimate of drug-likeness (QED) is 0.615. The van der Waals surface area contributed by atoms with Crippen molar-refractivity contribution in [3.63, 3.8) is 0 Å². The van der Waals surface area contributed by atoms with E-state index in [1.807, 2.05) is 6.92 Å². The molecule has 0 aromatic heterocycles. The van der Waals surface area contributed by atoms with Crippen molar-refractivity contribution in [3.05, 3.63) is 11.8 Å². The largest absolute Gasteiger partial charge is 0.500 e. The van der Waals surface area contributed by atoms with Gasteiger partial charge >= 0.3 is 5.97 Å². The first-order valence-corrected chi connectivity index (χ1v) is 6.56. The van der Waals surface area contributed by atoms with Crippen molar-refractivity contribution in [2.75, 3.05) is 14.2 Å². The van der Waals surface area contributed by atoms with E-state index in [2.05, 4.69) is 0 Å². The molecule has 106 valence electrons. The zero-order valence-electron chi connectivity index (χ0n) is 11.6. The van der Waals surface area contributed by atoms with Crippen molar-refractivity contribution in [1.29, 1.82) is 0 Å². The third-order valence-electron chi connectivity index (χ3n) is 4.64. The molecule has 2 aliphatic carbocycles. The van der Waals surface area contributed by atoms with E-state index in [9.17, 15) is 14.7 Å². The molecular formula is C14H20O5. The van der Waals surface area contributed by atoms with Crippen LogP contribution in [0.5, 0.6) is 0 Å². The third-order valence-corrected chi connectivity index (χ3v) is 4.64. The number of hydrogen-bond acceptors (Lipinski definition) is 5. The highest BCUT2D eigenvalue weighted by molar-refractivity contribution is 6.09. The molecule has 0 unspecified atom stereocenters. The van der Waals surface area contributed by atoms with Crippen LogP contribution in [0.1, 0.15) is 32.6 Å². The standard InChI is InChI=1S/C14H20O5/c1-4-13(17)7-8-14(12(16)19-3)10(18-2)6-5-9(13)11(14)15/h6,9,17H,4-5,7-8H2,1-3H3/t9-,13-,14-/m0/s1. The maximum absolute atomic E-state index is 12.7. The van der Waals surface area contributed by atoms with Gasteiger partial charge in [0.05, 0.1) is 25.7 Å². The van der Waals surface area contributed by atoms with Crippen LogP contribution in [0.15, 0.2) is 11.8 Å². The van der Waals surface area contributed by atoms with Crippen molar-refractivity contribution < 1.29 is 24.2 Å². The predicted molar refractivity (Wildman–Crippen MR) is 67.1 cm³/mol. The molecule has 1 saturated carbocycles. The topological polar surface area (TPSA) is 72.8 Å². The lowest BCUT2D eigenvalue weighted by Crippen LogP contribution is -2.59. The Morgan fingerprint density at radius 2 is 2.16 bits per heavy atom. The molecule has 2 aliphatic rings. The van der Waals surface area contributed by atoms with E-state index in [1.165, 1.54) is 14.2 Å². The molecule has 2 rings (SSSR count). The van der Waals surface area contributed by atoms with E-state index >= 15 is 0 Å². The summed E-state index contributed by atoms with van der Waals surface area (Å²) in [6, 6.07) is 0. The minimum Gasteiger partial charge on any atom is -0.500 e. The smallest absolute Gasteiger partial charge is 0.327 e.